The van der Waals surface area contributed by atoms with Crippen LogP contribution < -0.4 is 20.9 Å². The van der Waals surface area contributed by atoms with Gasteiger partial charge in [0, 0.05) is 62.3 Å². The molecule has 2 fully saturated rings. The highest BCUT2D eigenvalue weighted by Gasteiger charge is 2.31. The lowest BCUT2D eigenvalue weighted by atomic mass is 9.90. The van der Waals surface area contributed by atoms with Gasteiger partial charge >= 0.3 is 6.03 Å². The minimum Gasteiger partial charge on any atom is -0.368 e. The zero-order valence-corrected chi connectivity index (χ0v) is 26.3. The number of aryl methyl sites for hydroxylation is 1. The summed E-state index contributed by atoms with van der Waals surface area (Å²) in [6, 6.07) is 16.0. The van der Waals surface area contributed by atoms with Crippen molar-refractivity contribution in [1.29, 1.82) is 5.26 Å². The van der Waals surface area contributed by atoms with Crippen LogP contribution in [-0.2, 0) is 13.6 Å². The summed E-state index contributed by atoms with van der Waals surface area (Å²) in [5.41, 5.74) is 3.40. The van der Waals surface area contributed by atoms with E-state index in [4.69, 9.17) is 4.98 Å². The first-order chi connectivity index (χ1) is 22.6. The number of nitriles is 1. The Balaban J connectivity index is 1.10. The van der Waals surface area contributed by atoms with Crippen molar-refractivity contribution in [2.45, 2.75) is 57.2 Å². The van der Waals surface area contributed by atoms with Gasteiger partial charge in [-0.2, -0.15) is 15.3 Å². The molecule has 0 spiro atoms. The second-order valence-electron chi connectivity index (χ2n) is 12.0. The molecule has 1 saturated heterocycles. The lowest BCUT2D eigenvalue weighted by Gasteiger charge is -2.36. The fraction of sp³-hybridized carbons (Fsp3) is 0.412. The van der Waals surface area contributed by atoms with Crippen molar-refractivity contribution in [3.8, 4) is 17.2 Å². The second kappa shape index (κ2) is 14.8. The van der Waals surface area contributed by atoms with Gasteiger partial charge in [0.2, 0.25) is 5.95 Å². The van der Waals surface area contributed by atoms with Crippen molar-refractivity contribution in [3.05, 3.63) is 78.4 Å². The van der Waals surface area contributed by atoms with E-state index in [-0.39, 0.29) is 18.1 Å². The molecule has 12 heteroatoms. The number of carbonyl (C=O) groups excluding carboxylic acids is 1. The van der Waals surface area contributed by atoms with Gasteiger partial charge in [0.25, 0.3) is 0 Å². The van der Waals surface area contributed by atoms with Crippen LogP contribution >= 0.6 is 0 Å². The van der Waals surface area contributed by atoms with Crippen molar-refractivity contribution in [1.82, 2.24) is 34.9 Å². The van der Waals surface area contributed by atoms with Crippen molar-refractivity contribution < 1.29 is 4.79 Å². The highest BCUT2D eigenvalue weighted by molar-refractivity contribution is 5.91. The lowest BCUT2D eigenvalue weighted by molar-refractivity contribution is 0.240. The Kier molecular flexibility index (Phi) is 10.00. The standard InChI is InChI=1S/C34H41N11O/c1-43-24-28(23-40-43)26-9-14-31(37-21-26)45(34(46)39-20-25-7-3-2-4-8-25)30-12-10-29(11-13-30)41-33-38-22-27(19-35)32(42-33)36-15-18-44-16-5-6-17-44/h2-4,7-9,14,21-24,29-30H,5-6,10-13,15-18,20H2,1H3,(H,39,46)(H2,36,38,41,42). The molecular formula is C34H41N11O. The number of amides is 2. The van der Waals surface area contributed by atoms with Crippen LogP contribution in [0.5, 0.6) is 0 Å². The summed E-state index contributed by atoms with van der Waals surface area (Å²) in [7, 11) is 1.88. The van der Waals surface area contributed by atoms with Crippen LogP contribution in [0, 0.1) is 11.3 Å². The van der Waals surface area contributed by atoms with E-state index in [9.17, 15) is 10.1 Å². The van der Waals surface area contributed by atoms with Crippen molar-refractivity contribution in [2.24, 2.45) is 7.05 Å². The number of nitrogens with zero attached hydrogens (tertiary/aromatic N) is 8. The summed E-state index contributed by atoms with van der Waals surface area (Å²) >= 11 is 0. The first kappa shape index (κ1) is 31.0. The molecule has 2 aliphatic rings. The number of benzene rings is 1. The largest absolute Gasteiger partial charge is 0.368 e. The van der Waals surface area contributed by atoms with Gasteiger partial charge in [0.1, 0.15) is 23.3 Å². The number of likely N-dealkylation sites (tertiary alicyclic amines) is 1. The summed E-state index contributed by atoms with van der Waals surface area (Å²) in [6.45, 7) is 4.36. The third-order valence-corrected chi connectivity index (χ3v) is 8.76. The van der Waals surface area contributed by atoms with Crippen molar-refractivity contribution in [2.75, 3.05) is 41.7 Å². The van der Waals surface area contributed by atoms with Gasteiger partial charge in [-0.1, -0.05) is 30.3 Å². The molecule has 4 heterocycles. The smallest absolute Gasteiger partial charge is 0.323 e. The Bertz CT molecular complexity index is 1620. The third-order valence-electron chi connectivity index (χ3n) is 8.76. The molecule has 0 bridgehead atoms. The third kappa shape index (κ3) is 7.79. The molecule has 238 valence electrons. The molecule has 0 unspecified atom stereocenters. The Morgan fingerprint density at radius 2 is 1.80 bits per heavy atom. The molecule has 2 amide bonds. The number of rotatable bonds is 11. The zero-order valence-electron chi connectivity index (χ0n) is 26.3. The van der Waals surface area contributed by atoms with Crippen molar-refractivity contribution in [3.63, 3.8) is 0 Å². The highest BCUT2D eigenvalue weighted by Crippen LogP contribution is 2.30. The van der Waals surface area contributed by atoms with E-state index < -0.39 is 0 Å². The average Bonchev–Trinajstić information content (AvgIpc) is 3.78. The first-order valence-corrected chi connectivity index (χ1v) is 16.1. The number of nitrogens with one attached hydrogen (secondary N) is 3. The topological polar surface area (TPSA) is 140 Å². The summed E-state index contributed by atoms with van der Waals surface area (Å²) in [5, 5.41) is 23.8. The number of hydrogen-bond acceptors (Lipinski definition) is 9. The molecular weight excluding hydrogens is 578 g/mol. The van der Waals surface area contributed by atoms with Gasteiger partial charge in [-0.25, -0.2) is 14.8 Å². The Morgan fingerprint density at radius 3 is 2.50 bits per heavy atom. The number of carbonyl (C=O) groups is 1. The van der Waals surface area contributed by atoms with Crippen LogP contribution in [0.4, 0.5) is 22.4 Å². The second-order valence-corrected chi connectivity index (χ2v) is 12.0. The minimum absolute atomic E-state index is 0.0183. The molecule has 1 aliphatic carbocycles. The maximum atomic E-state index is 13.7. The molecule has 1 saturated carbocycles. The SMILES string of the molecule is Cn1cc(-c2ccc(N(C(=O)NCc3ccccc3)C3CCC(Nc4ncc(C#N)c(NCCN5CCCC5)n4)CC3)nc2)cn1. The first-order valence-electron chi connectivity index (χ1n) is 16.1. The number of pyridine rings is 1. The fourth-order valence-corrected chi connectivity index (χ4v) is 6.25. The van der Waals surface area contributed by atoms with E-state index in [0.29, 0.717) is 29.7 Å². The maximum absolute atomic E-state index is 13.7. The highest BCUT2D eigenvalue weighted by atomic mass is 16.2. The minimum atomic E-state index is -0.165. The predicted molar refractivity (Wildman–Crippen MR) is 178 cm³/mol. The predicted octanol–water partition coefficient (Wildman–Crippen LogP) is 4.79. The quantitative estimate of drug-likeness (QED) is 0.216. The van der Waals surface area contributed by atoms with Gasteiger partial charge < -0.3 is 20.9 Å². The molecule has 1 aromatic carbocycles. The van der Waals surface area contributed by atoms with Gasteiger partial charge in [0.05, 0.1) is 12.4 Å². The number of hydrogen-bond donors (Lipinski definition) is 3. The molecule has 3 aromatic heterocycles. The number of anilines is 3. The monoisotopic (exact) mass is 619 g/mol. The van der Waals surface area contributed by atoms with E-state index in [1.54, 1.807) is 23.3 Å². The summed E-state index contributed by atoms with van der Waals surface area (Å²) in [6.07, 6.45) is 12.9. The summed E-state index contributed by atoms with van der Waals surface area (Å²) in [5.74, 6) is 1.70. The van der Waals surface area contributed by atoms with Crippen LogP contribution in [0.15, 0.2) is 67.3 Å². The van der Waals surface area contributed by atoms with E-state index in [1.165, 1.54) is 12.8 Å². The Labute approximate surface area is 269 Å². The van der Waals surface area contributed by atoms with Crippen LogP contribution in [0.1, 0.15) is 49.7 Å². The van der Waals surface area contributed by atoms with E-state index >= 15 is 0 Å². The van der Waals surface area contributed by atoms with Gasteiger partial charge in [-0.05, 0) is 69.3 Å². The van der Waals surface area contributed by atoms with Crippen LogP contribution in [-0.4, -0.2) is 73.9 Å². The lowest BCUT2D eigenvalue weighted by Crippen LogP contribution is -2.49. The van der Waals surface area contributed by atoms with Crippen molar-refractivity contribution >= 4 is 23.6 Å². The van der Waals surface area contributed by atoms with E-state index in [1.807, 2.05) is 60.6 Å². The normalized spacial score (nSPS) is 18.1. The maximum Gasteiger partial charge on any atom is 0.323 e. The molecule has 4 aromatic rings. The Hall–Kier alpha value is -5.02. The molecule has 12 nitrogen and oxygen atoms in total. The Morgan fingerprint density at radius 1 is 1.00 bits per heavy atom. The molecule has 6 rings (SSSR count). The van der Waals surface area contributed by atoms with Gasteiger partial charge in [-0.15, -0.1) is 0 Å². The summed E-state index contributed by atoms with van der Waals surface area (Å²) < 4.78 is 1.76. The fourth-order valence-electron chi connectivity index (χ4n) is 6.25. The van der Waals surface area contributed by atoms with E-state index in [0.717, 1.165) is 68.6 Å². The van der Waals surface area contributed by atoms with Gasteiger partial charge in [-0.3, -0.25) is 9.58 Å². The molecule has 1 aliphatic heterocycles. The molecule has 3 N–H and O–H groups in total. The van der Waals surface area contributed by atoms with E-state index in [2.05, 4.69) is 42.0 Å². The average molecular weight is 620 g/mol. The molecule has 46 heavy (non-hydrogen) atoms. The van der Waals surface area contributed by atoms with Crippen LogP contribution in [0.25, 0.3) is 11.1 Å². The summed E-state index contributed by atoms with van der Waals surface area (Å²) in [4.78, 5) is 31.8. The zero-order chi connectivity index (χ0) is 31.7. The van der Waals surface area contributed by atoms with Crippen LogP contribution in [0.3, 0.4) is 0 Å². The molecule has 0 atom stereocenters. The van der Waals surface area contributed by atoms with Crippen LogP contribution in [0.2, 0.25) is 0 Å². The van der Waals surface area contributed by atoms with Gasteiger partial charge in [0.15, 0.2) is 0 Å². The molecule has 0 radical (unpaired) electrons. The number of aromatic nitrogens is 5. The number of urea groups is 1.